The lowest BCUT2D eigenvalue weighted by Crippen LogP contribution is -2.51. The Labute approximate surface area is 210 Å². The third kappa shape index (κ3) is 3.50. The summed E-state index contributed by atoms with van der Waals surface area (Å²) >= 11 is 6.70. The van der Waals surface area contributed by atoms with Crippen molar-refractivity contribution in [1.29, 1.82) is 0 Å². The fourth-order valence-electron chi connectivity index (χ4n) is 5.47. The molecule has 0 radical (unpaired) electrons. The van der Waals surface area contributed by atoms with Crippen LogP contribution >= 0.6 is 11.6 Å². The van der Waals surface area contributed by atoms with Crippen LogP contribution in [0.15, 0.2) is 30.3 Å². The van der Waals surface area contributed by atoms with Crippen LogP contribution in [0, 0.1) is 24.0 Å². The number of aromatic nitrogens is 2. The number of anilines is 1. The number of phenolic OH excluding ortho intramolecular Hbond substituents is 1. The topological polar surface area (TPSA) is 70.5 Å². The van der Waals surface area contributed by atoms with E-state index in [1.807, 2.05) is 0 Å². The number of ether oxygens (including phenoxy) is 1. The summed E-state index contributed by atoms with van der Waals surface area (Å²) in [5.41, 5.74) is 0.0908. The molecular formula is C27H21ClF2N4O2. The Morgan fingerprint density at radius 2 is 1.92 bits per heavy atom. The van der Waals surface area contributed by atoms with E-state index >= 15 is 4.39 Å². The minimum atomic E-state index is -0.739. The van der Waals surface area contributed by atoms with Gasteiger partial charge in [0, 0.05) is 41.5 Å². The molecule has 0 saturated carbocycles. The predicted molar refractivity (Wildman–Crippen MR) is 136 cm³/mol. The van der Waals surface area contributed by atoms with Crippen molar-refractivity contribution < 1.29 is 18.6 Å². The van der Waals surface area contributed by atoms with E-state index in [9.17, 15) is 9.50 Å². The number of nitrogens with zero attached hydrogens (tertiary/aromatic N) is 3. The van der Waals surface area contributed by atoms with Crippen LogP contribution in [0.1, 0.15) is 18.4 Å². The zero-order chi connectivity index (χ0) is 25.1. The fourth-order valence-corrected chi connectivity index (χ4v) is 5.77. The summed E-state index contributed by atoms with van der Waals surface area (Å²) in [6.45, 7) is 1.43. The largest absolute Gasteiger partial charge is 0.508 e. The van der Waals surface area contributed by atoms with Gasteiger partial charge in [-0.1, -0.05) is 23.6 Å². The summed E-state index contributed by atoms with van der Waals surface area (Å²) in [6.07, 6.45) is 7.75. The minimum Gasteiger partial charge on any atom is -0.508 e. The number of benzene rings is 3. The van der Waals surface area contributed by atoms with Gasteiger partial charge in [-0.05, 0) is 48.1 Å². The second-order valence-electron chi connectivity index (χ2n) is 9.18. The first-order chi connectivity index (χ1) is 17.4. The number of methoxy groups -OCH3 is 1. The Morgan fingerprint density at radius 1 is 1.17 bits per heavy atom. The first-order valence-corrected chi connectivity index (χ1v) is 11.9. The van der Waals surface area contributed by atoms with Gasteiger partial charge in [-0.25, -0.2) is 8.78 Å². The fraction of sp³-hybridized carbons (Fsp3) is 0.259. The van der Waals surface area contributed by atoms with Gasteiger partial charge in [-0.3, -0.25) is 0 Å². The van der Waals surface area contributed by atoms with Crippen LogP contribution < -0.4 is 15.0 Å². The van der Waals surface area contributed by atoms with Crippen LogP contribution in [-0.4, -0.2) is 47.4 Å². The lowest BCUT2D eigenvalue weighted by molar-refractivity contribution is 0.380. The van der Waals surface area contributed by atoms with Gasteiger partial charge in [0.1, 0.15) is 22.9 Å². The Balaban J connectivity index is 1.64. The first kappa shape index (κ1) is 22.8. The van der Waals surface area contributed by atoms with Crippen LogP contribution in [0.5, 0.6) is 11.8 Å². The Bertz CT molecular complexity index is 1590. The molecule has 2 unspecified atom stereocenters. The Morgan fingerprint density at radius 3 is 2.61 bits per heavy atom. The maximum Gasteiger partial charge on any atom is 0.318 e. The second-order valence-corrected chi connectivity index (χ2v) is 9.59. The predicted octanol–water partition coefficient (Wildman–Crippen LogP) is 5.02. The average Bonchev–Trinajstić information content (AvgIpc) is 3.20. The molecule has 4 aromatic rings. The lowest BCUT2D eigenvalue weighted by atomic mass is 9.93. The van der Waals surface area contributed by atoms with Crippen molar-refractivity contribution >= 4 is 39.1 Å². The highest BCUT2D eigenvalue weighted by Crippen LogP contribution is 2.44. The zero-order valence-corrected chi connectivity index (χ0v) is 20.0. The zero-order valence-electron chi connectivity index (χ0n) is 19.3. The number of nitrogens with one attached hydrogen (secondary N) is 1. The molecule has 182 valence electrons. The molecule has 2 aliphatic heterocycles. The minimum absolute atomic E-state index is 0.0114. The summed E-state index contributed by atoms with van der Waals surface area (Å²) in [5, 5.41) is 15.2. The molecule has 3 heterocycles. The standard InChI is InChI=1S/C27H21ClF2N4O2/c1-3-17-21(29)7-4-13-8-16(35)9-18(22(13)17)23-20(28)10-19-25(24(23)30)32-27(36-2)33-26(19)34-11-14-5-6-15(12-34)31-14/h1,4,7-10,14-15,31,35H,5-6,11-12H2,2H3. The molecule has 2 aliphatic rings. The van der Waals surface area contributed by atoms with Crippen LogP contribution in [0.2, 0.25) is 5.02 Å². The third-order valence-corrected chi connectivity index (χ3v) is 7.30. The average molecular weight is 507 g/mol. The Hall–Kier alpha value is -3.67. The van der Waals surface area contributed by atoms with Crippen LogP contribution in [-0.2, 0) is 0 Å². The SMILES string of the molecule is C#Cc1c(F)ccc2cc(O)cc(-c3c(Cl)cc4c(N5CC6CCC(C5)N6)nc(OC)nc4c3F)c12. The lowest BCUT2D eigenvalue weighted by Gasteiger charge is -2.34. The summed E-state index contributed by atoms with van der Waals surface area (Å²) in [7, 11) is 1.42. The Kier molecular flexibility index (Phi) is 5.36. The summed E-state index contributed by atoms with van der Waals surface area (Å²) < 4.78 is 36.3. The number of fused-ring (bicyclic) bond motifs is 4. The van der Waals surface area contributed by atoms with Crippen LogP contribution in [0.25, 0.3) is 32.8 Å². The van der Waals surface area contributed by atoms with E-state index in [-0.39, 0.29) is 44.4 Å². The molecule has 1 aromatic heterocycles. The van der Waals surface area contributed by atoms with Gasteiger partial charge in [0.25, 0.3) is 0 Å². The van der Waals surface area contributed by atoms with E-state index < -0.39 is 11.6 Å². The van der Waals surface area contributed by atoms with Gasteiger partial charge in [0.15, 0.2) is 5.82 Å². The molecule has 0 amide bonds. The van der Waals surface area contributed by atoms with Crippen molar-refractivity contribution in [1.82, 2.24) is 15.3 Å². The van der Waals surface area contributed by atoms with Gasteiger partial charge in [0.2, 0.25) is 0 Å². The summed E-state index contributed by atoms with van der Waals surface area (Å²) in [4.78, 5) is 11.0. The third-order valence-electron chi connectivity index (χ3n) is 7.01. The number of hydrogen-bond acceptors (Lipinski definition) is 6. The van der Waals surface area contributed by atoms with E-state index in [0.29, 0.717) is 28.7 Å². The molecule has 2 atom stereocenters. The van der Waals surface area contributed by atoms with Crippen molar-refractivity contribution in [2.75, 3.05) is 25.1 Å². The molecular weight excluding hydrogens is 486 g/mol. The van der Waals surface area contributed by atoms with Crippen molar-refractivity contribution in [3.63, 3.8) is 0 Å². The highest BCUT2D eigenvalue weighted by atomic mass is 35.5. The van der Waals surface area contributed by atoms with Crippen molar-refractivity contribution in [2.24, 2.45) is 0 Å². The summed E-state index contributed by atoms with van der Waals surface area (Å²) in [6, 6.07) is 7.74. The monoisotopic (exact) mass is 506 g/mol. The number of halogens is 3. The van der Waals surface area contributed by atoms with Crippen molar-refractivity contribution in [2.45, 2.75) is 24.9 Å². The molecule has 6 nitrogen and oxygen atoms in total. The normalized spacial score (nSPS) is 19.1. The number of aromatic hydroxyl groups is 1. The number of rotatable bonds is 3. The molecule has 0 spiro atoms. The molecule has 2 bridgehead atoms. The molecule has 6 rings (SSSR count). The van der Waals surface area contributed by atoms with Gasteiger partial charge in [-0.15, -0.1) is 6.42 Å². The number of piperazine rings is 1. The van der Waals surface area contributed by atoms with Crippen LogP contribution in [0.4, 0.5) is 14.6 Å². The van der Waals surface area contributed by atoms with E-state index in [1.54, 1.807) is 6.07 Å². The van der Waals surface area contributed by atoms with Gasteiger partial charge >= 0.3 is 6.01 Å². The van der Waals surface area contributed by atoms with Gasteiger partial charge in [-0.2, -0.15) is 9.97 Å². The quantitative estimate of drug-likeness (QED) is 0.380. The molecule has 0 aliphatic carbocycles. The van der Waals surface area contributed by atoms with Crippen molar-refractivity contribution in [3.05, 3.63) is 52.6 Å². The smallest absolute Gasteiger partial charge is 0.318 e. The second kappa shape index (κ2) is 8.47. The van der Waals surface area contributed by atoms with Crippen LogP contribution in [0.3, 0.4) is 0 Å². The maximum absolute atomic E-state index is 16.4. The van der Waals surface area contributed by atoms with E-state index in [4.69, 9.17) is 22.8 Å². The number of terminal acetylenes is 1. The van der Waals surface area contributed by atoms with E-state index in [2.05, 4.69) is 26.1 Å². The maximum atomic E-state index is 16.4. The molecule has 9 heteroatoms. The number of phenols is 1. The molecule has 2 N–H and O–H groups in total. The van der Waals surface area contributed by atoms with E-state index in [0.717, 1.165) is 25.9 Å². The van der Waals surface area contributed by atoms with Crippen molar-refractivity contribution in [3.8, 4) is 35.2 Å². The molecule has 36 heavy (non-hydrogen) atoms. The highest BCUT2D eigenvalue weighted by molar-refractivity contribution is 6.35. The van der Waals surface area contributed by atoms with Gasteiger partial charge in [0.05, 0.1) is 17.7 Å². The molecule has 2 saturated heterocycles. The molecule has 2 fully saturated rings. The van der Waals surface area contributed by atoms with E-state index in [1.165, 1.54) is 31.4 Å². The number of hydrogen-bond donors (Lipinski definition) is 2. The summed E-state index contributed by atoms with van der Waals surface area (Å²) in [5.74, 6) is 1.38. The molecule has 3 aromatic carbocycles. The highest BCUT2D eigenvalue weighted by Gasteiger charge is 2.34. The first-order valence-electron chi connectivity index (χ1n) is 11.5. The van der Waals surface area contributed by atoms with Gasteiger partial charge < -0.3 is 20.1 Å².